The molecule has 7 heteroatoms. The summed E-state index contributed by atoms with van der Waals surface area (Å²) >= 11 is 0. The van der Waals surface area contributed by atoms with Crippen LogP contribution in [0.4, 0.5) is 8.78 Å². The zero-order chi connectivity index (χ0) is 19.0. The minimum absolute atomic E-state index is 0.133. The zero-order valence-electron chi connectivity index (χ0n) is 14.9. The van der Waals surface area contributed by atoms with Crippen LogP contribution in [0.5, 0.6) is 0 Å². The van der Waals surface area contributed by atoms with E-state index in [1.54, 1.807) is 0 Å². The van der Waals surface area contributed by atoms with Gasteiger partial charge in [0.25, 0.3) is 0 Å². The Labute approximate surface area is 158 Å². The number of halogens is 2. The number of piperazine rings is 1. The molecule has 1 heterocycles. The van der Waals surface area contributed by atoms with Crippen LogP contribution in [-0.2, 0) is 15.8 Å². The van der Waals surface area contributed by atoms with Crippen LogP contribution in [0.15, 0.2) is 48.5 Å². The minimum Gasteiger partial charge on any atom is -0.297 e. The van der Waals surface area contributed by atoms with Gasteiger partial charge in [-0.1, -0.05) is 30.3 Å². The van der Waals surface area contributed by atoms with Crippen molar-refractivity contribution in [1.29, 1.82) is 0 Å². The first-order valence-corrected chi connectivity index (χ1v) is 10.8. The lowest BCUT2D eigenvalue weighted by Gasteiger charge is -2.41. The molecule has 144 valence electrons. The molecule has 27 heavy (non-hydrogen) atoms. The van der Waals surface area contributed by atoms with Crippen molar-refractivity contribution in [1.82, 2.24) is 9.21 Å². The summed E-state index contributed by atoms with van der Waals surface area (Å²) in [7, 11) is -3.80. The first-order valence-electron chi connectivity index (χ1n) is 9.16. The third kappa shape index (κ3) is 4.05. The van der Waals surface area contributed by atoms with E-state index in [0.717, 1.165) is 36.6 Å². The Morgan fingerprint density at radius 2 is 1.74 bits per heavy atom. The van der Waals surface area contributed by atoms with Gasteiger partial charge in [0, 0.05) is 31.2 Å². The highest BCUT2D eigenvalue weighted by atomic mass is 32.2. The highest BCUT2D eigenvalue weighted by molar-refractivity contribution is 7.88. The number of nitrogens with zero attached hydrogens (tertiary/aromatic N) is 2. The second-order valence-corrected chi connectivity index (χ2v) is 9.18. The number of rotatable bonds is 5. The van der Waals surface area contributed by atoms with Gasteiger partial charge in [-0.05, 0) is 36.6 Å². The van der Waals surface area contributed by atoms with Gasteiger partial charge in [-0.15, -0.1) is 0 Å². The fourth-order valence-corrected chi connectivity index (χ4v) is 5.49. The second-order valence-electron chi connectivity index (χ2n) is 7.26. The van der Waals surface area contributed by atoms with E-state index in [-0.39, 0.29) is 11.6 Å². The third-order valence-electron chi connectivity index (χ3n) is 5.31. The normalized spacial score (nSPS) is 22.1. The van der Waals surface area contributed by atoms with Crippen LogP contribution in [0.1, 0.15) is 30.0 Å². The topological polar surface area (TPSA) is 40.6 Å². The molecule has 2 aromatic carbocycles. The van der Waals surface area contributed by atoms with Gasteiger partial charge < -0.3 is 0 Å². The fraction of sp³-hybridized carbons (Fsp3) is 0.400. The van der Waals surface area contributed by atoms with Crippen molar-refractivity contribution < 1.29 is 17.2 Å². The monoisotopic (exact) mass is 392 g/mol. The highest BCUT2D eigenvalue weighted by Crippen LogP contribution is 2.35. The first kappa shape index (κ1) is 18.5. The highest BCUT2D eigenvalue weighted by Gasteiger charge is 2.40. The average molecular weight is 392 g/mol. The largest absolute Gasteiger partial charge is 0.297 e. The van der Waals surface area contributed by atoms with Gasteiger partial charge in [0.2, 0.25) is 10.0 Å². The third-order valence-corrected chi connectivity index (χ3v) is 7.14. The summed E-state index contributed by atoms with van der Waals surface area (Å²) in [6, 6.07) is 12.7. The summed E-state index contributed by atoms with van der Waals surface area (Å²) in [6.45, 7) is 1.65. The Bertz CT molecular complexity index is 917. The molecule has 0 amide bonds. The van der Waals surface area contributed by atoms with Gasteiger partial charge >= 0.3 is 0 Å². The molecular formula is C20H22F2N2O2S. The SMILES string of the molecule is O=S(=O)(Cc1cc(F)ccc1F)N1CCN(C2CC2)CC1c1ccccc1. The van der Waals surface area contributed by atoms with E-state index in [9.17, 15) is 17.2 Å². The lowest BCUT2D eigenvalue weighted by molar-refractivity contribution is 0.128. The minimum atomic E-state index is -3.80. The molecule has 2 aliphatic rings. The summed E-state index contributed by atoms with van der Waals surface area (Å²) < 4.78 is 55.2. The standard InChI is InChI=1S/C20H22F2N2O2S/c21-17-6-9-19(22)16(12-17)14-27(25,26)24-11-10-23(18-7-8-18)13-20(24)15-4-2-1-3-5-15/h1-6,9,12,18,20H,7-8,10-11,13-14H2. The van der Waals surface area contributed by atoms with E-state index in [1.165, 1.54) is 4.31 Å². The molecule has 4 rings (SSSR count). The fourth-order valence-electron chi connectivity index (χ4n) is 3.77. The van der Waals surface area contributed by atoms with Crippen molar-refractivity contribution in [2.75, 3.05) is 19.6 Å². The number of hydrogen-bond donors (Lipinski definition) is 0. The van der Waals surface area contributed by atoms with E-state index in [1.807, 2.05) is 30.3 Å². The van der Waals surface area contributed by atoms with Gasteiger partial charge in [-0.3, -0.25) is 4.90 Å². The van der Waals surface area contributed by atoms with Crippen LogP contribution < -0.4 is 0 Å². The maximum Gasteiger partial charge on any atom is 0.219 e. The van der Waals surface area contributed by atoms with Crippen molar-refractivity contribution in [2.45, 2.75) is 30.7 Å². The summed E-state index contributed by atoms with van der Waals surface area (Å²) in [5, 5.41) is 0. The first-order chi connectivity index (χ1) is 12.9. The second kappa shape index (κ2) is 7.30. The molecule has 1 saturated heterocycles. The van der Waals surface area contributed by atoms with E-state index in [4.69, 9.17) is 0 Å². The number of benzene rings is 2. The molecule has 2 aromatic rings. The number of hydrogen-bond acceptors (Lipinski definition) is 3. The Morgan fingerprint density at radius 3 is 2.44 bits per heavy atom. The molecular weight excluding hydrogens is 370 g/mol. The van der Waals surface area contributed by atoms with Crippen molar-refractivity contribution in [2.24, 2.45) is 0 Å². The average Bonchev–Trinajstić information content (AvgIpc) is 3.50. The summed E-state index contributed by atoms with van der Waals surface area (Å²) in [5.41, 5.74) is 0.789. The smallest absolute Gasteiger partial charge is 0.219 e. The van der Waals surface area contributed by atoms with Crippen LogP contribution >= 0.6 is 0 Å². The van der Waals surface area contributed by atoms with E-state index >= 15 is 0 Å². The van der Waals surface area contributed by atoms with E-state index in [2.05, 4.69) is 4.90 Å². The Morgan fingerprint density at radius 1 is 1.00 bits per heavy atom. The zero-order valence-corrected chi connectivity index (χ0v) is 15.7. The maximum atomic E-state index is 14.0. The molecule has 0 aromatic heterocycles. The molecule has 1 unspecified atom stereocenters. The lowest BCUT2D eigenvalue weighted by atomic mass is 10.0. The van der Waals surface area contributed by atoms with Crippen molar-refractivity contribution >= 4 is 10.0 Å². The van der Waals surface area contributed by atoms with Gasteiger partial charge in [0.1, 0.15) is 11.6 Å². The van der Waals surface area contributed by atoms with E-state index < -0.39 is 27.4 Å². The van der Waals surface area contributed by atoms with Crippen molar-refractivity contribution in [3.8, 4) is 0 Å². The predicted molar refractivity (Wildman–Crippen MR) is 99.5 cm³/mol. The Hall–Kier alpha value is -1.83. The molecule has 0 N–H and O–H groups in total. The molecule has 0 radical (unpaired) electrons. The molecule has 1 atom stereocenters. The van der Waals surface area contributed by atoms with Gasteiger partial charge in [0.15, 0.2) is 0 Å². The summed E-state index contributed by atoms with van der Waals surface area (Å²) in [4.78, 5) is 2.34. The molecule has 1 aliphatic heterocycles. The van der Waals surface area contributed by atoms with Crippen LogP contribution in [0, 0.1) is 11.6 Å². The Balaban J connectivity index is 1.63. The Kier molecular flexibility index (Phi) is 5.01. The maximum absolute atomic E-state index is 14.0. The van der Waals surface area contributed by atoms with Gasteiger partial charge in [-0.2, -0.15) is 4.31 Å². The number of sulfonamides is 1. The van der Waals surface area contributed by atoms with Gasteiger partial charge in [-0.25, -0.2) is 17.2 Å². The molecule has 1 aliphatic carbocycles. The lowest BCUT2D eigenvalue weighted by Crippen LogP contribution is -2.51. The van der Waals surface area contributed by atoms with Gasteiger partial charge in [0.05, 0.1) is 11.8 Å². The van der Waals surface area contributed by atoms with Crippen LogP contribution in [0.3, 0.4) is 0 Å². The molecule has 0 spiro atoms. The van der Waals surface area contributed by atoms with Crippen molar-refractivity contribution in [3.05, 3.63) is 71.3 Å². The summed E-state index contributed by atoms with van der Waals surface area (Å²) in [6.07, 6.45) is 2.31. The molecule has 2 fully saturated rings. The molecule has 0 bridgehead atoms. The molecule has 4 nitrogen and oxygen atoms in total. The quantitative estimate of drug-likeness (QED) is 0.784. The van der Waals surface area contributed by atoms with Crippen LogP contribution in [-0.4, -0.2) is 43.3 Å². The van der Waals surface area contributed by atoms with Crippen molar-refractivity contribution in [3.63, 3.8) is 0 Å². The van der Waals surface area contributed by atoms with E-state index in [0.29, 0.717) is 25.7 Å². The van der Waals surface area contributed by atoms with Crippen LogP contribution in [0.2, 0.25) is 0 Å². The summed E-state index contributed by atoms with van der Waals surface area (Å²) in [5.74, 6) is -1.88. The predicted octanol–water partition coefficient (Wildman–Crippen LogP) is 3.32. The van der Waals surface area contributed by atoms with Crippen LogP contribution in [0.25, 0.3) is 0 Å². The molecule has 1 saturated carbocycles.